The topological polar surface area (TPSA) is 82.7 Å². The summed E-state index contributed by atoms with van der Waals surface area (Å²) >= 11 is 0. The van der Waals surface area contributed by atoms with E-state index in [4.69, 9.17) is 9.47 Å². The lowest BCUT2D eigenvalue weighted by molar-refractivity contribution is 0.0323. The number of aromatic amines is 1. The molecule has 2 amide bonds. The van der Waals surface area contributed by atoms with Crippen LogP contribution < -0.4 is 10.1 Å². The van der Waals surface area contributed by atoms with E-state index in [-0.39, 0.29) is 6.03 Å². The van der Waals surface area contributed by atoms with Crippen LogP contribution in [0.2, 0.25) is 0 Å². The summed E-state index contributed by atoms with van der Waals surface area (Å²) in [5.41, 5.74) is 3.68. The summed E-state index contributed by atoms with van der Waals surface area (Å²) in [6, 6.07) is 15.6. The summed E-state index contributed by atoms with van der Waals surface area (Å²) < 4.78 is 11.6. The molecule has 174 valence electrons. The highest BCUT2D eigenvalue weighted by molar-refractivity contribution is 5.91. The molecule has 33 heavy (non-hydrogen) atoms. The Balaban J connectivity index is 1.47. The van der Waals surface area contributed by atoms with Crippen molar-refractivity contribution < 1.29 is 14.3 Å². The highest BCUT2D eigenvalue weighted by atomic mass is 16.5. The Labute approximate surface area is 194 Å². The van der Waals surface area contributed by atoms with Gasteiger partial charge in [0.25, 0.3) is 0 Å². The van der Waals surface area contributed by atoms with Crippen molar-refractivity contribution in [2.75, 3.05) is 51.3 Å². The molecule has 0 radical (unpaired) electrons. The number of nitrogens with one attached hydrogen (secondary N) is 2. The van der Waals surface area contributed by atoms with Crippen molar-refractivity contribution in [2.24, 2.45) is 0 Å². The van der Waals surface area contributed by atoms with Gasteiger partial charge in [0.15, 0.2) is 0 Å². The average Bonchev–Trinajstić information content (AvgIpc) is 3.40. The number of carbonyl (C=O) groups is 1. The lowest BCUT2D eigenvalue weighted by atomic mass is 10.1. The molecule has 0 aliphatic carbocycles. The Bertz CT molecular complexity index is 1000. The first-order valence-electron chi connectivity index (χ1n) is 11.4. The van der Waals surface area contributed by atoms with Crippen LogP contribution in [0, 0.1) is 0 Å². The fourth-order valence-corrected chi connectivity index (χ4v) is 3.77. The molecule has 0 bridgehead atoms. The second-order valence-corrected chi connectivity index (χ2v) is 7.93. The maximum absolute atomic E-state index is 13.1. The van der Waals surface area contributed by atoms with E-state index < -0.39 is 0 Å². The number of benzene rings is 2. The smallest absolute Gasteiger partial charge is 0.322 e. The lowest BCUT2D eigenvalue weighted by Crippen LogP contribution is -2.38. The largest absolute Gasteiger partial charge is 0.490 e. The normalized spacial score (nSPS) is 14.1. The van der Waals surface area contributed by atoms with E-state index in [0.29, 0.717) is 31.1 Å². The van der Waals surface area contributed by atoms with Crippen LogP contribution in [0.25, 0.3) is 11.1 Å². The number of nitrogens with zero attached hydrogens (tertiary/aromatic N) is 3. The Hall–Kier alpha value is -3.36. The van der Waals surface area contributed by atoms with Crippen LogP contribution in [0.15, 0.2) is 60.9 Å². The van der Waals surface area contributed by atoms with Crippen molar-refractivity contribution in [3.63, 3.8) is 0 Å². The van der Waals surface area contributed by atoms with Gasteiger partial charge in [0, 0.05) is 44.5 Å². The number of hydrogen-bond acceptors (Lipinski definition) is 5. The molecule has 0 unspecified atom stereocenters. The third-order valence-corrected chi connectivity index (χ3v) is 5.71. The summed E-state index contributed by atoms with van der Waals surface area (Å²) in [7, 11) is 0. The van der Waals surface area contributed by atoms with Crippen LogP contribution in [0.3, 0.4) is 0 Å². The maximum Gasteiger partial charge on any atom is 0.322 e. The van der Waals surface area contributed by atoms with E-state index in [0.717, 1.165) is 49.5 Å². The van der Waals surface area contributed by atoms with Gasteiger partial charge in [-0.25, -0.2) is 4.79 Å². The van der Waals surface area contributed by atoms with Crippen molar-refractivity contribution in [3.8, 4) is 16.9 Å². The fourth-order valence-electron chi connectivity index (χ4n) is 3.77. The summed E-state index contributed by atoms with van der Waals surface area (Å²) in [5, 5.41) is 9.92. The number of amides is 2. The van der Waals surface area contributed by atoms with Gasteiger partial charge in [-0.15, -0.1) is 0 Å². The number of rotatable bonds is 9. The zero-order chi connectivity index (χ0) is 22.9. The van der Waals surface area contributed by atoms with Crippen LogP contribution >= 0.6 is 0 Å². The molecule has 1 fully saturated rings. The quantitative estimate of drug-likeness (QED) is 0.519. The van der Waals surface area contributed by atoms with Gasteiger partial charge in [-0.1, -0.05) is 36.4 Å². The summed E-state index contributed by atoms with van der Waals surface area (Å²) in [6.07, 6.45) is 3.60. The number of ether oxygens (including phenoxy) is 2. The third-order valence-electron chi connectivity index (χ3n) is 5.71. The molecule has 4 rings (SSSR count). The number of H-pyrrole nitrogens is 1. The fraction of sp³-hybridized carbons (Fsp3) is 0.360. The van der Waals surface area contributed by atoms with E-state index in [9.17, 15) is 4.79 Å². The number of anilines is 1. The van der Waals surface area contributed by atoms with E-state index in [1.54, 1.807) is 11.1 Å². The zero-order valence-corrected chi connectivity index (χ0v) is 19.0. The minimum Gasteiger partial charge on any atom is -0.490 e. The number of hydrogen-bond donors (Lipinski definition) is 2. The minimum absolute atomic E-state index is 0.157. The van der Waals surface area contributed by atoms with Crippen molar-refractivity contribution in [1.82, 2.24) is 20.0 Å². The number of urea groups is 1. The lowest BCUT2D eigenvalue weighted by Gasteiger charge is -2.26. The van der Waals surface area contributed by atoms with Gasteiger partial charge in [-0.05, 0) is 30.2 Å². The standard InChI is InChI=1S/C25H31N5O3/c1-2-30(19-20-6-4-3-5-7-20)25(31)28-23-9-8-21(22-17-26-27-18-22)16-24(23)33-15-12-29-10-13-32-14-11-29/h3-9,16-18H,2,10-15,19H2,1H3,(H,26,27)(H,28,31). The Morgan fingerprint density at radius 1 is 1.18 bits per heavy atom. The van der Waals surface area contributed by atoms with Crippen molar-refractivity contribution in [1.29, 1.82) is 0 Å². The number of aromatic nitrogens is 2. The molecule has 1 saturated heterocycles. The van der Waals surface area contributed by atoms with Gasteiger partial charge < -0.3 is 19.7 Å². The van der Waals surface area contributed by atoms with Gasteiger partial charge in [-0.3, -0.25) is 10.00 Å². The maximum atomic E-state index is 13.1. The first kappa shape index (κ1) is 22.8. The summed E-state index contributed by atoms with van der Waals surface area (Å²) in [6.45, 7) is 7.78. The molecule has 1 aliphatic rings. The van der Waals surface area contributed by atoms with E-state index in [1.165, 1.54) is 0 Å². The van der Waals surface area contributed by atoms with Crippen LogP contribution in [0.5, 0.6) is 5.75 Å². The molecular formula is C25H31N5O3. The van der Waals surface area contributed by atoms with Crippen LogP contribution in [0.1, 0.15) is 12.5 Å². The molecule has 8 nitrogen and oxygen atoms in total. The summed E-state index contributed by atoms with van der Waals surface area (Å²) in [4.78, 5) is 17.2. The molecule has 2 N–H and O–H groups in total. The third kappa shape index (κ3) is 6.34. The van der Waals surface area contributed by atoms with Crippen LogP contribution in [-0.2, 0) is 11.3 Å². The van der Waals surface area contributed by atoms with Crippen molar-refractivity contribution in [3.05, 3.63) is 66.5 Å². The molecule has 1 aliphatic heterocycles. The Kier molecular flexibility index (Phi) is 7.94. The molecule has 3 aromatic rings. The summed E-state index contributed by atoms with van der Waals surface area (Å²) in [5.74, 6) is 0.645. The SMILES string of the molecule is CCN(Cc1ccccc1)C(=O)Nc1ccc(-c2cn[nH]c2)cc1OCCN1CCOCC1. The first-order valence-corrected chi connectivity index (χ1v) is 11.4. The van der Waals surface area contributed by atoms with Crippen molar-refractivity contribution >= 4 is 11.7 Å². The van der Waals surface area contributed by atoms with Crippen LogP contribution in [-0.4, -0.2) is 72.0 Å². The van der Waals surface area contributed by atoms with E-state index in [1.807, 2.05) is 61.7 Å². The van der Waals surface area contributed by atoms with Crippen molar-refractivity contribution in [2.45, 2.75) is 13.5 Å². The highest BCUT2D eigenvalue weighted by Crippen LogP contribution is 2.31. The molecule has 0 atom stereocenters. The second-order valence-electron chi connectivity index (χ2n) is 7.93. The zero-order valence-electron chi connectivity index (χ0n) is 19.0. The Morgan fingerprint density at radius 2 is 2.00 bits per heavy atom. The predicted octanol–water partition coefficient (Wildman–Crippen LogP) is 3.84. The first-order chi connectivity index (χ1) is 16.2. The molecule has 0 spiro atoms. The van der Waals surface area contributed by atoms with Gasteiger partial charge in [0.05, 0.1) is 25.1 Å². The molecule has 2 aromatic carbocycles. The molecule has 0 saturated carbocycles. The predicted molar refractivity (Wildman–Crippen MR) is 128 cm³/mol. The van der Waals surface area contributed by atoms with E-state index in [2.05, 4.69) is 20.4 Å². The molecule has 1 aromatic heterocycles. The molecule has 2 heterocycles. The average molecular weight is 450 g/mol. The number of morpholine rings is 1. The second kappa shape index (κ2) is 11.5. The van der Waals surface area contributed by atoms with Gasteiger partial charge in [0.1, 0.15) is 12.4 Å². The molecular weight excluding hydrogens is 418 g/mol. The minimum atomic E-state index is -0.157. The highest BCUT2D eigenvalue weighted by Gasteiger charge is 2.16. The Morgan fingerprint density at radius 3 is 2.73 bits per heavy atom. The van der Waals surface area contributed by atoms with Gasteiger partial charge in [0.2, 0.25) is 0 Å². The van der Waals surface area contributed by atoms with Gasteiger partial charge in [-0.2, -0.15) is 5.10 Å². The van der Waals surface area contributed by atoms with Crippen LogP contribution in [0.4, 0.5) is 10.5 Å². The molecule has 8 heteroatoms. The van der Waals surface area contributed by atoms with Gasteiger partial charge >= 0.3 is 6.03 Å². The monoisotopic (exact) mass is 449 g/mol. The van der Waals surface area contributed by atoms with E-state index >= 15 is 0 Å². The number of carbonyl (C=O) groups excluding carboxylic acids is 1.